The van der Waals surface area contributed by atoms with Crippen molar-refractivity contribution in [2.75, 3.05) is 0 Å². The molecule has 0 radical (unpaired) electrons. The van der Waals surface area contributed by atoms with E-state index in [2.05, 4.69) is 4.98 Å². The van der Waals surface area contributed by atoms with E-state index >= 15 is 0 Å². The number of carbonyl (C=O) groups is 2. The highest BCUT2D eigenvalue weighted by molar-refractivity contribution is 6.10. The van der Waals surface area contributed by atoms with Crippen LogP contribution < -0.4 is 0 Å². The maximum atomic E-state index is 12.8. The zero-order valence-electron chi connectivity index (χ0n) is 12.2. The van der Waals surface area contributed by atoms with Crippen molar-refractivity contribution < 1.29 is 14.7 Å². The van der Waals surface area contributed by atoms with Crippen molar-refractivity contribution >= 4 is 22.7 Å². The number of Topliss-reactive ketones (excluding diaryl/α,β-unsaturated/α-hetero) is 1. The van der Waals surface area contributed by atoms with Crippen LogP contribution in [-0.4, -0.2) is 21.8 Å². The van der Waals surface area contributed by atoms with E-state index in [9.17, 15) is 14.7 Å². The van der Waals surface area contributed by atoms with Crippen LogP contribution in [-0.2, 0) is 4.79 Å². The maximum Gasteiger partial charge on any atom is 0.307 e. The van der Waals surface area contributed by atoms with Crippen LogP contribution in [0.25, 0.3) is 10.9 Å². The minimum Gasteiger partial charge on any atom is -0.481 e. The fourth-order valence-electron chi connectivity index (χ4n) is 3.49. The first kappa shape index (κ1) is 13.9. The lowest BCUT2D eigenvalue weighted by molar-refractivity contribution is -0.142. The molecule has 1 aromatic heterocycles. The minimum absolute atomic E-state index is 0.0383. The van der Waals surface area contributed by atoms with Gasteiger partial charge >= 0.3 is 5.97 Å². The molecule has 2 N–H and O–H groups in total. The zero-order valence-corrected chi connectivity index (χ0v) is 12.2. The van der Waals surface area contributed by atoms with Crippen LogP contribution in [0.1, 0.15) is 35.7 Å². The minimum atomic E-state index is -0.853. The highest BCUT2D eigenvalue weighted by Crippen LogP contribution is 2.39. The maximum absolute atomic E-state index is 12.8. The van der Waals surface area contributed by atoms with Gasteiger partial charge in [-0.15, -0.1) is 0 Å². The number of nitrogens with one attached hydrogen (secondary N) is 1. The van der Waals surface area contributed by atoms with E-state index < -0.39 is 17.8 Å². The summed E-state index contributed by atoms with van der Waals surface area (Å²) < 4.78 is 0. The van der Waals surface area contributed by atoms with Gasteiger partial charge in [-0.2, -0.15) is 0 Å². The molecule has 0 spiro atoms. The van der Waals surface area contributed by atoms with E-state index in [4.69, 9.17) is 0 Å². The molecule has 1 saturated carbocycles. The molecule has 1 aliphatic rings. The lowest BCUT2D eigenvalue weighted by Crippen LogP contribution is -2.25. The summed E-state index contributed by atoms with van der Waals surface area (Å²) in [4.78, 5) is 27.3. The first-order valence-electron chi connectivity index (χ1n) is 7.32. The second kappa shape index (κ2) is 5.02. The number of aryl methyl sites for hydroxylation is 1. The number of aromatic nitrogens is 1. The molecule has 1 aliphatic carbocycles. The van der Waals surface area contributed by atoms with Gasteiger partial charge in [0.25, 0.3) is 0 Å². The molecular weight excluding hydrogens is 266 g/mol. The van der Waals surface area contributed by atoms with Crippen LogP contribution in [0.3, 0.4) is 0 Å². The number of fused-ring (bicyclic) bond motifs is 1. The Balaban J connectivity index is 2.00. The van der Waals surface area contributed by atoms with Crippen molar-refractivity contribution in [3.05, 3.63) is 35.5 Å². The summed E-state index contributed by atoms with van der Waals surface area (Å²) >= 11 is 0. The van der Waals surface area contributed by atoms with Crippen LogP contribution in [0, 0.1) is 24.7 Å². The van der Waals surface area contributed by atoms with E-state index in [1.165, 1.54) is 0 Å². The quantitative estimate of drug-likeness (QED) is 0.849. The molecule has 0 saturated heterocycles. The van der Waals surface area contributed by atoms with Gasteiger partial charge in [0, 0.05) is 28.6 Å². The van der Waals surface area contributed by atoms with Crippen LogP contribution >= 0.6 is 0 Å². The molecule has 1 fully saturated rings. The van der Waals surface area contributed by atoms with Crippen LogP contribution in [0.15, 0.2) is 24.4 Å². The van der Waals surface area contributed by atoms with Crippen molar-refractivity contribution in [2.45, 2.75) is 26.7 Å². The second-order valence-corrected chi connectivity index (χ2v) is 6.24. The smallest absolute Gasteiger partial charge is 0.307 e. The van der Waals surface area contributed by atoms with Crippen LogP contribution in [0.2, 0.25) is 0 Å². The number of hydrogen-bond acceptors (Lipinski definition) is 2. The Morgan fingerprint density at radius 1 is 1.24 bits per heavy atom. The highest BCUT2D eigenvalue weighted by atomic mass is 16.4. The van der Waals surface area contributed by atoms with Crippen LogP contribution in [0.4, 0.5) is 0 Å². The number of aliphatic carboxylic acids is 1. The monoisotopic (exact) mass is 285 g/mol. The molecule has 0 bridgehead atoms. The standard InChI is InChI=1S/C17H19NO3/c1-9-3-4-15-11(5-9)14(8-18-15)16(19)12-6-10(2)7-13(12)17(20)21/h3-5,8,10,12-13,18H,6-7H2,1-2H3,(H,20,21). The van der Waals surface area contributed by atoms with Gasteiger partial charge < -0.3 is 10.1 Å². The normalized spacial score (nSPS) is 25.3. The Labute approximate surface area is 123 Å². The SMILES string of the molecule is Cc1ccc2[nH]cc(C(=O)C3CC(C)CC3C(=O)O)c2c1. The lowest BCUT2D eigenvalue weighted by atomic mass is 9.88. The van der Waals surface area contributed by atoms with E-state index in [1.54, 1.807) is 6.20 Å². The van der Waals surface area contributed by atoms with Crippen LogP contribution in [0.5, 0.6) is 0 Å². The Kier molecular flexibility index (Phi) is 3.32. The summed E-state index contributed by atoms with van der Waals surface area (Å²) in [6.07, 6.45) is 2.97. The summed E-state index contributed by atoms with van der Waals surface area (Å²) in [6.45, 7) is 4.00. The van der Waals surface area contributed by atoms with E-state index in [0.29, 0.717) is 18.4 Å². The van der Waals surface area contributed by atoms with Crippen molar-refractivity contribution in [3.8, 4) is 0 Å². The summed E-state index contributed by atoms with van der Waals surface area (Å²) in [7, 11) is 0. The lowest BCUT2D eigenvalue weighted by Gasteiger charge is -2.13. The number of ketones is 1. The fourth-order valence-corrected chi connectivity index (χ4v) is 3.49. The Morgan fingerprint density at radius 2 is 1.95 bits per heavy atom. The summed E-state index contributed by atoms with van der Waals surface area (Å²) in [5.74, 6) is -1.57. The number of carboxylic acids is 1. The number of benzene rings is 1. The Hall–Kier alpha value is -2.10. The number of rotatable bonds is 3. The van der Waals surface area contributed by atoms with E-state index in [-0.39, 0.29) is 11.7 Å². The number of carbonyl (C=O) groups excluding carboxylic acids is 1. The number of H-pyrrole nitrogens is 1. The predicted molar refractivity (Wildman–Crippen MR) is 80.4 cm³/mol. The average molecular weight is 285 g/mol. The van der Waals surface area contributed by atoms with Crippen molar-refractivity contribution in [3.63, 3.8) is 0 Å². The van der Waals surface area contributed by atoms with Gasteiger partial charge in [0.15, 0.2) is 5.78 Å². The van der Waals surface area contributed by atoms with Crippen molar-refractivity contribution in [1.82, 2.24) is 4.98 Å². The Bertz CT molecular complexity index is 716. The largest absolute Gasteiger partial charge is 0.481 e. The molecule has 4 heteroatoms. The van der Waals surface area contributed by atoms with Gasteiger partial charge in [0.2, 0.25) is 0 Å². The molecule has 1 aromatic carbocycles. The van der Waals surface area contributed by atoms with Gasteiger partial charge in [-0.25, -0.2) is 0 Å². The summed E-state index contributed by atoms with van der Waals surface area (Å²) in [5, 5.41) is 10.2. The molecule has 4 nitrogen and oxygen atoms in total. The molecule has 3 unspecified atom stereocenters. The van der Waals surface area contributed by atoms with Gasteiger partial charge in [-0.1, -0.05) is 18.6 Å². The molecule has 3 atom stereocenters. The molecule has 110 valence electrons. The summed E-state index contributed by atoms with van der Waals surface area (Å²) in [5.41, 5.74) is 2.63. The molecule has 3 rings (SSSR count). The molecule has 0 amide bonds. The van der Waals surface area contributed by atoms with Gasteiger partial charge in [-0.05, 0) is 37.8 Å². The molecule has 21 heavy (non-hydrogen) atoms. The third-order valence-electron chi connectivity index (χ3n) is 4.55. The molecule has 2 aromatic rings. The first-order chi connectivity index (χ1) is 9.97. The van der Waals surface area contributed by atoms with E-state index in [1.807, 2.05) is 32.0 Å². The molecular formula is C17H19NO3. The van der Waals surface area contributed by atoms with Crippen molar-refractivity contribution in [1.29, 1.82) is 0 Å². The molecule has 0 aliphatic heterocycles. The van der Waals surface area contributed by atoms with Gasteiger partial charge in [0.05, 0.1) is 5.92 Å². The van der Waals surface area contributed by atoms with E-state index in [0.717, 1.165) is 16.5 Å². The highest BCUT2D eigenvalue weighted by Gasteiger charge is 2.41. The van der Waals surface area contributed by atoms with Crippen molar-refractivity contribution in [2.24, 2.45) is 17.8 Å². The predicted octanol–water partition coefficient (Wildman–Crippen LogP) is 3.41. The summed E-state index contributed by atoms with van der Waals surface area (Å²) in [6, 6.07) is 5.92. The third kappa shape index (κ3) is 2.35. The number of carboxylic acid groups (broad SMARTS) is 1. The van der Waals surface area contributed by atoms with Gasteiger partial charge in [-0.3, -0.25) is 9.59 Å². The first-order valence-corrected chi connectivity index (χ1v) is 7.32. The average Bonchev–Trinajstić information content (AvgIpc) is 3.01. The van der Waals surface area contributed by atoms with Gasteiger partial charge in [0.1, 0.15) is 0 Å². The fraction of sp³-hybridized carbons (Fsp3) is 0.412. The Morgan fingerprint density at radius 3 is 2.67 bits per heavy atom. The molecule has 1 heterocycles. The zero-order chi connectivity index (χ0) is 15.1. The second-order valence-electron chi connectivity index (χ2n) is 6.24. The number of aromatic amines is 1. The number of hydrogen-bond donors (Lipinski definition) is 2. The third-order valence-corrected chi connectivity index (χ3v) is 4.55. The topological polar surface area (TPSA) is 70.2 Å².